The van der Waals surface area contributed by atoms with Crippen LogP contribution in [0.4, 0.5) is 0 Å². The van der Waals surface area contributed by atoms with E-state index < -0.39 is 5.91 Å². The van der Waals surface area contributed by atoms with Gasteiger partial charge in [0, 0.05) is 12.1 Å². The first-order valence-corrected chi connectivity index (χ1v) is 12.3. The summed E-state index contributed by atoms with van der Waals surface area (Å²) in [5, 5.41) is 11.1. The van der Waals surface area contributed by atoms with Crippen LogP contribution in [0.25, 0.3) is 10.7 Å². The first-order chi connectivity index (χ1) is 15.5. The Labute approximate surface area is 195 Å². The molecule has 10 heteroatoms. The molecule has 0 saturated heterocycles. The summed E-state index contributed by atoms with van der Waals surface area (Å²) < 4.78 is 7.62. The number of hydrogen-bond acceptors (Lipinski definition) is 7. The van der Waals surface area contributed by atoms with Gasteiger partial charge in [-0.1, -0.05) is 31.7 Å². The van der Waals surface area contributed by atoms with Crippen molar-refractivity contribution in [1.82, 2.24) is 25.6 Å². The monoisotopic (exact) mass is 473 g/mol. The van der Waals surface area contributed by atoms with E-state index in [2.05, 4.69) is 34.9 Å². The highest BCUT2D eigenvalue weighted by Crippen LogP contribution is 2.27. The molecule has 8 nitrogen and oxygen atoms in total. The van der Waals surface area contributed by atoms with Gasteiger partial charge in [0.25, 0.3) is 5.91 Å². The van der Waals surface area contributed by atoms with Crippen LogP contribution in [0.15, 0.2) is 46.9 Å². The minimum atomic E-state index is -0.395. The summed E-state index contributed by atoms with van der Waals surface area (Å²) in [6.07, 6.45) is 0.968. The number of carbonyl (C=O) groups excluding carboxylic acids is 2. The summed E-state index contributed by atoms with van der Waals surface area (Å²) in [7, 11) is 0. The molecule has 3 aromatic rings. The largest absolute Gasteiger partial charge is 0.494 e. The zero-order valence-corrected chi connectivity index (χ0v) is 20.0. The lowest BCUT2D eigenvalue weighted by molar-refractivity contribution is -0.119. The van der Waals surface area contributed by atoms with Crippen LogP contribution in [0.2, 0.25) is 0 Å². The standard InChI is InChI=1S/C22H27N5O3S2/c1-4-27-20(18-6-5-13-31-18)24-26-22(27)32-14-19(28)23-25-21(29)16-7-9-17(10-8-16)30-12-11-15(2)3/h5-10,13,15H,4,11-12,14H2,1-3H3,(H,23,28)(H,25,29). The molecule has 3 rings (SSSR count). The minimum Gasteiger partial charge on any atom is -0.494 e. The number of hydrogen-bond donors (Lipinski definition) is 2. The topological polar surface area (TPSA) is 98.1 Å². The predicted molar refractivity (Wildman–Crippen MR) is 127 cm³/mol. The van der Waals surface area contributed by atoms with E-state index in [-0.39, 0.29) is 11.7 Å². The summed E-state index contributed by atoms with van der Waals surface area (Å²) in [6, 6.07) is 10.8. The number of thiophene rings is 1. The zero-order chi connectivity index (χ0) is 22.9. The van der Waals surface area contributed by atoms with Crippen molar-refractivity contribution in [3.63, 3.8) is 0 Å². The van der Waals surface area contributed by atoms with Gasteiger partial charge in [-0.25, -0.2) is 0 Å². The van der Waals surface area contributed by atoms with E-state index in [1.54, 1.807) is 35.6 Å². The molecule has 170 valence electrons. The highest BCUT2D eigenvalue weighted by Gasteiger charge is 2.15. The average Bonchev–Trinajstić information content (AvgIpc) is 3.45. The lowest BCUT2D eigenvalue weighted by Crippen LogP contribution is -2.42. The van der Waals surface area contributed by atoms with E-state index in [0.29, 0.717) is 35.5 Å². The summed E-state index contributed by atoms with van der Waals surface area (Å²) in [5.41, 5.74) is 5.30. The van der Waals surface area contributed by atoms with Crippen LogP contribution in [-0.2, 0) is 11.3 Å². The van der Waals surface area contributed by atoms with Crippen LogP contribution in [0.5, 0.6) is 5.75 Å². The Kier molecular flexibility index (Phi) is 8.69. The molecule has 0 aliphatic heterocycles. The molecule has 2 aromatic heterocycles. The molecule has 0 saturated carbocycles. The summed E-state index contributed by atoms with van der Waals surface area (Å²) in [6.45, 7) is 7.61. The quantitative estimate of drug-likeness (QED) is 0.341. The Morgan fingerprint density at radius 3 is 2.59 bits per heavy atom. The van der Waals surface area contributed by atoms with E-state index in [1.165, 1.54) is 11.8 Å². The Morgan fingerprint density at radius 2 is 1.94 bits per heavy atom. The molecule has 1 aromatic carbocycles. The Morgan fingerprint density at radius 1 is 1.16 bits per heavy atom. The van der Waals surface area contributed by atoms with Gasteiger partial charge in [-0.2, -0.15) is 0 Å². The number of aromatic nitrogens is 3. The Bertz CT molecular complexity index is 1020. The SMILES string of the molecule is CCn1c(SCC(=O)NNC(=O)c2ccc(OCCC(C)C)cc2)nnc1-c1cccs1. The molecule has 2 N–H and O–H groups in total. The maximum absolute atomic E-state index is 12.3. The van der Waals surface area contributed by atoms with Crippen molar-refractivity contribution >= 4 is 34.9 Å². The number of hydrazine groups is 1. The van der Waals surface area contributed by atoms with Gasteiger partial charge in [-0.05, 0) is 55.0 Å². The summed E-state index contributed by atoms with van der Waals surface area (Å²) in [5.74, 6) is 1.45. The van der Waals surface area contributed by atoms with Gasteiger partial charge in [0.2, 0.25) is 5.91 Å². The minimum absolute atomic E-state index is 0.103. The Hall–Kier alpha value is -2.85. The van der Waals surface area contributed by atoms with Gasteiger partial charge in [-0.15, -0.1) is 21.5 Å². The molecule has 0 aliphatic rings. The van der Waals surface area contributed by atoms with Gasteiger partial charge in [0.1, 0.15) is 5.75 Å². The number of nitrogens with one attached hydrogen (secondary N) is 2. The number of thioether (sulfide) groups is 1. The fourth-order valence-corrected chi connectivity index (χ4v) is 4.27. The van der Waals surface area contributed by atoms with Crippen molar-refractivity contribution in [1.29, 1.82) is 0 Å². The van der Waals surface area contributed by atoms with Crippen LogP contribution in [-0.4, -0.2) is 38.9 Å². The number of carbonyl (C=O) groups is 2. The first-order valence-electron chi connectivity index (χ1n) is 10.4. The first kappa shape index (κ1) is 23.8. The van der Waals surface area contributed by atoms with Gasteiger partial charge in [0.05, 0.1) is 17.2 Å². The maximum atomic E-state index is 12.3. The van der Waals surface area contributed by atoms with Gasteiger partial charge < -0.3 is 9.30 Å². The molecular formula is C22H27N5O3S2. The lowest BCUT2D eigenvalue weighted by atomic mass is 10.1. The molecule has 2 heterocycles. The highest BCUT2D eigenvalue weighted by molar-refractivity contribution is 7.99. The molecule has 0 radical (unpaired) electrons. The fraction of sp³-hybridized carbons (Fsp3) is 0.364. The van der Waals surface area contributed by atoms with E-state index in [0.717, 1.165) is 17.1 Å². The van der Waals surface area contributed by atoms with Crippen LogP contribution < -0.4 is 15.6 Å². The van der Waals surface area contributed by atoms with E-state index in [1.807, 2.05) is 29.0 Å². The third-order valence-corrected chi connectivity index (χ3v) is 6.34. The predicted octanol–water partition coefficient (Wildman–Crippen LogP) is 4.00. The van der Waals surface area contributed by atoms with Crippen molar-refractivity contribution < 1.29 is 14.3 Å². The molecule has 32 heavy (non-hydrogen) atoms. The van der Waals surface area contributed by atoms with Crippen molar-refractivity contribution in [2.45, 2.75) is 38.9 Å². The molecule has 0 bridgehead atoms. The molecular weight excluding hydrogens is 446 g/mol. The van der Waals surface area contributed by atoms with E-state index in [9.17, 15) is 9.59 Å². The normalized spacial score (nSPS) is 10.9. The van der Waals surface area contributed by atoms with Crippen LogP contribution >= 0.6 is 23.1 Å². The van der Waals surface area contributed by atoms with Crippen molar-refractivity contribution in [3.8, 4) is 16.5 Å². The number of benzene rings is 1. The van der Waals surface area contributed by atoms with E-state index in [4.69, 9.17) is 4.74 Å². The van der Waals surface area contributed by atoms with Gasteiger partial charge in [0.15, 0.2) is 11.0 Å². The molecule has 0 fully saturated rings. The van der Waals surface area contributed by atoms with Crippen molar-refractivity contribution in [2.75, 3.05) is 12.4 Å². The van der Waals surface area contributed by atoms with Gasteiger partial charge in [-0.3, -0.25) is 20.4 Å². The fourth-order valence-electron chi connectivity index (χ4n) is 2.75. The second-order valence-corrected chi connectivity index (χ2v) is 9.26. The molecule has 0 unspecified atom stereocenters. The smallest absolute Gasteiger partial charge is 0.269 e. The maximum Gasteiger partial charge on any atom is 0.269 e. The molecule has 0 atom stereocenters. The Balaban J connectivity index is 1.45. The number of amides is 2. The second kappa shape index (κ2) is 11.7. The van der Waals surface area contributed by atoms with Crippen LogP contribution in [0.3, 0.4) is 0 Å². The molecule has 2 amide bonds. The average molecular weight is 474 g/mol. The third kappa shape index (κ3) is 6.57. The number of rotatable bonds is 10. The second-order valence-electron chi connectivity index (χ2n) is 7.37. The van der Waals surface area contributed by atoms with Crippen LogP contribution in [0.1, 0.15) is 37.6 Å². The van der Waals surface area contributed by atoms with Crippen LogP contribution in [0, 0.1) is 5.92 Å². The summed E-state index contributed by atoms with van der Waals surface area (Å²) in [4.78, 5) is 25.5. The number of nitrogens with zero attached hydrogens (tertiary/aromatic N) is 3. The number of ether oxygens (including phenoxy) is 1. The third-order valence-electron chi connectivity index (χ3n) is 4.50. The highest BCUT2D eigenvalue weighted by atomic mass is 32.2. The molecule has 0 aliphatic carbocycles. The summed E-state index contributed by atoms with van der Waals surface area (Å²) >= 11 is 2.86. The van der Waals surface area contributed by atoms with E-state index >= 15 is 0 Å². The lowest BCUT2D eigenvalue weighted by Gasteiger charge is -2.10. The molecule has 0 spiro atoms. The zero-order valence-electron chi connectivity index (χ0n) is 18.3. The van der Waals surface area contributed by atoms with Crippen molar-refractivity contribution in [2.24, 2.45) is 5.92 Å². The van der Waals surface area contributed by atoms with Crippen molar-refractivity contribution in [3.05, 3.63) is 47.3 Å². The van der Waals surface area contributed by atoms with Gasteiger partial charge >= 0.3 is 0 Å².